The van der Waals surface area contributed by atoms with Crippen molar-refractivity contribution in [2.45, 2.75) is 13.3 Å². The Morgan fingerprint density at radius 3 is 3.00 bits per heavy atom. The monoisotopic (exact) mass is 156 g/mol. The average molecular weight is 156 g/mol. The molecule has 0 aliphatic heterocycles. The predicted molar refractivity (Wildman–Crippen MR) is 44.3 cm³/mol. The molecule has 1 aromatic heterocycles. The first-order valence-corrected chi connectivity index (χ1v) is 4.34. The van der Waals surface area contributed by atoms with Crippen LogP contribution in [-0.2, 0) is 6.42 Å². The summed E-state index contributed by atoms with van der Waals surface area (Å²) in [5.74, 6) is 0.402. The molecule has 1 aromatic rings. The van der Waals surface area contributed by atoms with Crippen molar-refractivity contribution in [3.8, 4) is 0 Å². The standard InChI is InChI=1S/C8H12OS/c1-7(6-9)5-8-3-2-4-10-8/h2-4,7,9H,5-6H2,1H3/t7-/m0/s1. The van der Waals surface area contributed by atoms with Crippen molar-refractivity contribution in [2.24, 2.45) is 5.92 Å². The van der Waals surface area contributed by atoms with Gasteiger partial charge >= 0.3 is 0 Å². The van der Waals surface area contributed by atoms with Gasteiger partial charge in [0.1, 0.15) is 0 Å². The smallest absolute Gasteiger partial charge is 0.0460 e. The van der Waals surface area contributed by atoms with Gasteiger partial charge < -0.3 is 5.11 Å². The molecule has 1 N–H and O–H groups in total. The van der Waals surface area contributed by atoms with Gasteiger partial charge in [0.25, 0.3) is 0 Å². The summed E-state index contributed by atoms with van der Waals surface area (Å²) in [6, 6.07) is 4.15. The van der Waals surface area contributed by atoms with Crippen molar-refractivity contribution in [3.63, 3.8) is 0 Å². The maximum atomic E-state index is 8.74. The molecular weight excluding hydrogens is 144 g/mol. The molecule has 2 heteroatoms. The molecular formula is C8H12OS. The number of thiophene rings is 1. The van der Waals surface area contributed by atoms with Crippen LogP contribution in [0.1, 0.15) is 11.8 Å². The van der Waals surface area contributed by atoms with Crippen LogP contribution >= 0.6 is 11.3 Å². The first kappa shape index (κ1) is 7.76. The lowest BCUT2D eigenvalue weighted by Gasteiger charge is -2.03. The Kier molecular flexibility index (Phi) is 2.90. The van der Waals surface area contributed by atoms with Gasteiger partial charge in [-0.05, 0) is 23.8 Å². The van der Waals surface area contributed by atoms with E-state index >= 15 is 0 Å². The molecule has 10 heavy (non-hydrogen) atoms. The molecule has 0 saturated carbocycles. The summed E-state index contributed by atoms with van der Waals surface area (Å²) in [5, 5.41) is 10.8. The summed E-state index contributed by atoms with van der Waals surface area (Å²) in [4.78, 5) is 1.36. The van der Waals surface area contributed by atoms with E-state index in [1.165, 1.54) is 4.88 Å². The Morgan fingerprint density at radius 1 is 1.70 bits per heavy atom. The number of hydrogen-bond acceptors (Lipinski definition) is 2. The molecule has 1 atom stereocenters. The quantitative estimate of drug-likeness (QED) is 0.709. The molecule has 0 saturated heterocycles. The lowest BCUT2D eigenvalue weighted by Crippen LogP contribution is -2.02. The lowest BCUT2D eigenvalue weighted by atomic mass is 10.1. The summed E-state index contributed by atoms with van der Waals surface area (Å²) < 4.78 is 0. The fourth-order valence-corrected chi connectivity index (χ4v) is 1.71. The van der Waals surface area contributed by atoms with Gasteiger partial charge in [-0.2, -0.15) is 0 Å². The third kappa shape index (κ3) is 2.12. The van der Waals surface area contributed by atoms with Crippen LogP contribution in [0, 0.1) is 5.92 Å². The topological polar surface area (TPSA) is 20.2 Å². The highest BCUT2D eigenvalue weighted by Gasteiger charge is 2.01. The van der Waals surface area contributed by atoms with Crippen molar-refractivity contribution in [3.05, 3.63) is 22.4 Å². The Labute approximate surface area is 65.3 Å². The van der Waals surface area contributed by atoms with Crippen LogP contribution in [-0.4, -0.2) is 11.7 Å². The van der Waals surface area contributed by atoms with Crippen LogP contribution in [0.2, 0.25) is 0 Å². The molecule has 1 nitrogen and oxygen atoms in total. The van der Waals surface area contributed by atoms with Crippen LogP contribution in [0.5, 0.6) is 0 Å². The summed E-state index contributed by atoms with van der Waals surface area (Å²) in [6.07, 6.45) is 1.01. The molecule has 1 heterocycles. The fraction of sp³-hybridized carbons (Fsp3) is 0.500. The highest BCUT2D eigenvalue weighted by Crippen LogP contribution is 2.13. The lowest BCUT2D eigenvalue weighted by molar-refractivity contribution is 0.237. The molecule has 0 unspecified atom stereocenters. The van der Waals surface area contributed by atoms with Gasteiger partial charge in [0.05, 0.1) is 0 Å². The van der Waals surface area contributed by atoms with E-state index in [2.05, 4.69) is 18.4 Å². The van der Waals surface area contributed by atoms with Crippen molar-refractivity contribution in [2.75, 3.05) is 6.61 Å². The summed E-state index contributed by atoms with van der Waals surface area (Å²) in [6.45, 7) is 2.34. The van der Waals surface area contributed by atoms with Gasteiger partial charge in [-0.25, -0.2) is 0 Å². The average Bonchev–Trinajstić information content (AvgIpc) is 2.40. The minimum atomic E-state index is 0.290. The minimum absolute atomic E-state index is 0.290. The Bertz CT molecular complexity index is 169. The van der Waals surface area contributed by atoms with Crippen LogP contribution < -0.4 is 0 Å². The van der Waals surface area contributed by atoms with Crippen LogP contribution in [0.3, 0.4) is 0 Å². The zero-order valence-electron chi connectivity index (χ0n) is 6.08. The second-order valence-electron chi connectivity index (χ2n) is 2.57. The van der Waals surface area contributed by atoms with Gasteiger partial charge in [0.2, 0.25) is 0 Å². The van der Waals surface area contributed by atoms with E-state index < -0.39 is 0 Å². The molecule has 0 amide bonds. The summed E-state index contributed by atoms with van der Waals surface area (Å²) in [7, 11) is 0. The first-order valence-electron chi connectivity index (χ1n) is 3.46. The number of rotatable bonds is 3. The molecule has 0 bridgehead atoms. The number of aliphatic hydroxyl groups excluding tert-OH is 1. The van der Waals surface area contributed by atoms with Crippen molar-refractivity contribution >= 4 is 11.3 Å². The molecule has 0 aliphatic rings. The second-order valence-corrected chi connectivity index (χ2v) is 3.60. The van der Waals surface area contributed by atoms with Crippen LogP contribution in [0.25, 0.3) is 0 Å². The highest BCUT2D eigenvalue weighted by atomic mass is 32.1. The Hall–Kier alpha value is -0.340. The van der Waals surface area contributed by atoms with E-state index in [9.17, 15) is 0 Å². The normalized spacial score (nSPS) is 13.4. The summed E-state index contributed by atoms with van der Waals surface area (Å²) >= 11 is 1.76. The molecule has 56 valence electrons. The number of hydrogen-bond donors (Lipinski definition) is 1. The molecule has 0 radical (unpaired) electrons. The largest absolute Gasteiger partial charge is 0.396 e. The third-order valence-electron chi connectivity index (χ3n) is 1.44. The highest BCUT2D eigenvalue weighted by molar-refractivity contribution is 7.09. The minimum Gasteiger partial charge on any atom is -0.396 e. The van der Waals surface area contributed by atoms with Gasteiger partial charge in [-0.3, -0.25) is 0 Å². The Morgan fingerprint density at radius 2 is 2.50 bits per heavy atom. The molecule has 0 spiro atoms. The zero-order chi connectivity index (χ0) is 7.40. The van der Waals surface area contributed by atoms with E-state index in [1.807, 2.05) is 6.07 Å². The van der Waals surface area contributed by atoms with E-state index in [0.29, 0.717) is 5.92 Å². The molecule has 1 rings (SSSR count). The molecule has 0 aromatic carbocycles. The molecule has 0 fully saturated rings. The van der Waals surface area contributed by atoms with E-state index in [4.69, 9.17) is 5.11 Å². The second kappa shape index (κ2) is 3.74. The van der Waals surface area contributed by atoms with Crippen LogP contribution in [0.15, 0.2) is 17.5 Å². The van der Waals surface area contributed by atoms with E-state index in [1.54, 1.807) is 11.3 Å². The van der Waals surface area contributed by atoms with Crippen LogP contribution in [0.4, 0.5) is 0 Å². The van der Waals surface area contributed by atoms with Gasteiger partial charge in [0.15, 0.2) is 0 Å². The van der Waals surface area contributed by atoms with Crippen molar-refractivity contribution in [1.82, 2.24) is 0 Å². The van der Waals surface area contributed by atoms with Gasteiger partial charge in [-0.1, -0.05) is 13.0 Å². The zero-order valence-corrected chi connectivity index (χ0v) is 6.90. The molecule has 0 aliphatic carbocycles. The maximum absolute atomic E-state index is 8.74. The Balaban J connectivity index is 2.40. The van der Waals surface area contributed by atoms with Gasteiger partial charge in [-0.15, -0.1) is 11.3 Å². The van der Waals surface area contributed by atoms with E-state index in [0.717, 1.165) is 6.42 Å². The number of aliphatic hydroxyl groups is 1. The van der Waals surface area contributed by atoms with E-state index in [-0.39, 0.29) is 6.61 Å². The maximum Gasteiger partial charge on any atom is 0.0460 e. The fourth-order valence-electron chi connectivity index (χ4n) is 0.837. The first-order chi connectivity index (χ1) is 4.83. The SMILES string of the molecule is C[C@H](CO)Cc1cccs1. The van der Waals surface area contributed by atoms with Gasteiger partial charge in [0, 0.05) is 11.5 Å². The van der Waals surface area contributed by atoms with Crippen molar-refractivity contribution in [1.29, 1.82) is 0 Å². The summed E-state index contributed by atoms with van der Waals surface area (Å²) in [5.41, 5.74) is 0. The third-order valence-corrected chi connectivity index (χ3v) is 2.34. The predicted octanol–water partition coefficient (Wildman–Crippen LogP) is 1.92. The van der Waals surface area contributed by atoms with Crippen molar-refractivity contribution < 1.29 is 5.11 Å².